The van der Waals surface area contributed by atoms with Gasteiger partial charge in [-0.3, -0.25) is 0 Å². The van der Waals surface area contributed by atoms with E-state index in [1.807, 2.05) is 12.1 Å². The van der Waals surface area contributed by atoms with Crippen molar-refractivity contribution >= 4 is 17.3 Å². The third kappa shape index (κ3) is 3.05. The summed E-state index contributed by atoms with van der Waals surface area (Å²) < 4.78 is 0. The first-order valence-corrected chi connectivity index (χ1v) is 6.65. The van der Waals surface area contributed by atoms with Crippen molar-refractivity contribution in [1.29, 1.82) is 0 Å². The van der Waals surface area contributed by atoms with Crippen molar-refractivity contribution in [2.45, 2.75) is 26.8 Å². The fraction of sp³-hybridized carbons (Fsp3) is 0.250. The molecule has 0 aliphatic carbocycles. The van der Waals surface area contributed by atoms with E-state index >= 15 is 0 Å². The van der Waals surface area contributed by atoms with Gasteiger partial charge < -0.3 is 5.32 Å². The van der Waals surface area contributed by atoms with Crippen molar-refractivity contribution in [2.24, 2.45) is 0 Å². The van der Waals surface area contributed by atoms with Gasteiger partial charge >= 0.3 is 0 Å². The zero-order valence-corrected chi connectivity index (χ0v) is 11.6. The van der Waals surface area contributed by atoms with Crippen LogP contribution in [0.5, 0.6) is 0 Å². The largest absolute Gasteiger partial charge is 0.381 e. The molecule has 0 aromatic heterocycles. The molecule has 0 bridgehead atoms. The highest BCUT2D eigenvalue weighted by atomic mass is 35.5. The lowest BCUT2D eigenvalue weighted by Crippen LogP contribution is -2.03. The lowest BCUT2D eigenvalue weighted by Gasteiger charge is -2.14. The smallest absolute Gasteiger partial charge is 0.0406 e. The van der Waals surface area contributed by atoms with Gasteiger partial charge in [0.25, 0.3) is 0 Å². The van der Waals surface area contributed by atoms with Gasteiger partial charge in [-0.1, -0.05) is 48.9 Å². The van der Waals surface area contributed by atoms with Gasteiger partial charge in [-0.15, -0.1) is 0 Å². The summed E-state index contributed by atoms with van der Waals surface area (Å²) in [6.45, 7) is 5.15. The van der Waals surface area contributed by atoms with Crippen LogP contribution in [0, 0.1) is 6.92 Å². The number of para-hydroxylation sites is 1. The maximum Gasteiger partial charge on any atom is 0.0406 e. The summed E-state index contributed by atoms with van der Waals surface area (Å²) >= 11 is 5.88. The van der Waals surface area contributed by atoms with Gasteiger partial charge in [0.05, 0.1) is 0 Å². The topological polar surface area (TPSA) is 12.0 Å². The zero-order chi connectivity index (χ0) is 13.0. The molecule has 94 valence electrons. The van der Waals surface area contributed by atoms with Crippen molar-refractivity contribution < 1.29 is 0 Å². The molecule has 0 aliphatic rings. The van der Waals surface area contributed by atoms with Crippen molar-refractivity contribution in [3.05, 3.63) is 64.2 Å². The Labute approximate surface area is 114 Å². The van der Waals surface area contributed by atoms with E-state index in [0.29, 0.717) is 0 Å². The van der Waals surface area contributed by atoms with E-state index in [2.05, 4.69) is 49.5 Å². The summed E-state index contributed by atoms with van der Waals surface area (Å²) in [6, 6.07) is 14.4. The van der Waals surface area contributed by atoms with Crippen molar-refractivity contribution in [1.82, 2.24) is 0 Å². The molecule has 0 aliphatic heterocycles. The first kappa shape index (κ1) is 13.0. The van der Waals surface area contributed by atoms with Crippen LogP contribution in [-0.2, 0) is 13.0 Å². The molecule has 2 heteroatoms. The molecule has 2 aromatic carbocycles. The minimum atomic E-state index is 0.781. The van der Waals surface area contributed by atoms with E-state index < -0.39 is 0 Å². The molecular weight excluding hydrogens is 242 g/mol. The second-order valence-corrected chi connectivity index (χ2v) is 4.88. The van der Waals surface area contributed by atoms with Crippen molar-refractivity contribution in [2.75, 3.05) is 5.32 Å². The molecule has 0 saturated carbocycles. The Morgan fingerprint density at radius 1 is 1.06 bits per heavy atom. The average Bonchev–Trinajstić information content (AvgIpc) is 2.39. The van der Waals surface area contributed by atoms with Gasteiger partial charge in [0.15, 0.2) is 0 Å². The van der Waals surface area contributed by atoms with E-state index in [1.54, 1.807) is 0 Å². The highest BCUT2D eigenvalue weighted by Gasteiger charge is 2.03. The standard InChI is InChI=1S/C16H18ClN/c1-3-14-6-4-5-12(2)16(14)18-11-13-7-9-15(17)10-8-13/h4-10,18H,3,11H2,1-2H3. The van der Waals surface area contributed by atoms with Crippen LogP contribution >= 0.6 is 11.6 Å². The monoisotopic (exact) mass is 259 g/mol. The lowest BCUT2D eigenvalue weighted by atomic mass is 10.1. The molecule has 0 fully saturated rings. The fourth-order valence-corrected chi connectivity index (χ4v) is 2.19. The van der Waals surface area contributed by atoms with Gasteiger partial charge in [0.2, 0.25) is 0 Å². The molecule has 2 aromatic rings. The second-order valence-electron chi connectivity index (χ2n) is 4.44. The van der Waals surface area contributed by atoms with Crippen molar-refractivity contribution in [3.63, 3.8) is 0 Å². The van der Waals surface area contributed by atoms with E-state index in [0.717, 1.165) is 18.0 Å². The predicted octanol–water partition coefficient (Wildman–Crippen LogP) is 4.82. The Bertz CT molecular complexity index is 517. The predicted molar refractivity (Wildman–Crippen MR) is 79.3 cm³/mol. The van der Waals surface area contributed by atoms with Crippen LogP contribution in [0.4, 0.5) is 5.69 Å². The molecule has 0 heterocycles. The number of benzene rings is 2. The van der Waals surface area contributed by atoms with E-state index in [1.165, 1.54) is 22.4 Å². The van der Waals surface area contributed by atoms with Crippen LogP contribution < -0.4 is 5.32 Å². The quantitative estimate of drug-likeness (QED) is 0.830. The van der Waals surface area contributed by atoms with Crippen molar-refractivity contribution in [3.8, 4) is 0 Å². The van der Waals surface area contributed by atoms with Gasteiger partial charge in [0, 0.05) is 17.3 Å². The third-order valence-corrected chi connectivity index (χ3v) is 3.37. The van der Waals surface area contributed by atoms with Gasteiger partial charge in [-0.2, -0.15) is 0 Å². The normalized spacial score (nSPS) is 10.4. The minimum absolute atomic E-state index is 0.781. The molecule has 1 N–H and O–H groups in total. The lowest BCUT2D eigenvalue weighted by molar-refractivity contribution is 1.08. The summed E-state index contributed by atoms with van der Waals surface area (Å²) in [5, 5.41) is 4.31. The van der Waals surface area contributed by atoms with Crippen LogP contribution in [-0.4, -0.2) is 0 Å². The summed E-state index contributed by atoms with van der Waals surface area (Å²) in [7, 11) is 0. The molecule has 0 radical (unpaired) electrons. The highest BCUT2D eigenvalue weighted by Crippen LogP contribution is 2.22. The van der Waals surface area contributed by atoms with Crippen LogP contribution in [0.25, 0.3) is 0 Å². The fourth-order valence-electron chi connectivity index (χ4n) is 2.07. The van der Waals surface area contributed by atoms with E-state index in [-0.39, 0.29) is 0 Å². The number of hydrogen-bond acceptors (Lipinski definition) is 1. The Kier molecular flexibility index (Phi) is 4.27. The van der Waals surface area contributed by atoms with Crippen LogP contribution in [0.1, 0.15) is 23.6 Å². The Morgan fingerprint density at radius 3 is 2.44 bits per heavy atom. The zero-order valence-electron chi connectivity index (χ0n) is 10.8. The number of anilines is 1. The minimum Gasteiger partial charge on any atom is -0.381 e. The second kappa shape index (κ2) is 5.92. The molecule has 0 unspecified atom stereocenters. The number of hydrogen-bond donors (Lipinski definition) is 1. The number of rotatable bonds is 4. The van der Waals surface area contributed by atoms with Gasteiger partial charge in [0.1, 0.15) is 0 Å². The maximum atomic E-state index is 5.88. The van der Waals surface area contributed by atoms with E-state index in [9.17, 15) is 0 Å². The first-order valence-electron chi connectivity index (χ1n) is 6.27. The summed E-state index contributed by atoms with van der Waals surface area (Å²) in [4.78, 5) is 0. The van der Waals surface area contributed by atoms with Crippen LogP contribution in [0.3, 0.4) is 0 Å². The number of aryl methyl sites for hydroxylation is 2. The molecular formula is C16H18ClN. The summed E-state index contributed by atoms with van der Waals surface area (Å²) in [5.41, 5.74) is 5.16. The first-order chi connectivity index (χ1) is 8.70. The SMILES string of the molecule is CCc1cccc(C)c1NCc1ccc(Cl)cc1. The summed E-state index contributed by atoms with van der Waals surface area (Å²) in [6.07, 6.45) is 1.05. The highest BCUT2D eigenvalue weighted by molar-refractivity contribution is 6.30. The Hall–Kier alpha value is -1.47. The number of nitrogens with one attached hydrogen (secondary N) is 1. The third-order valence-electron chi connectivity index (χ3n) is 3.12. The summed E-state index contributed by atoms with van der Waals surface area (Å²) in [5.74, 6) is 0. The molecule has 1 nitrogen and oxygen atoms in total. The Morgan fingerprint density at radius 2 is 1.78 bits per heavy atom. The average molecular weight is 260 g/mol. The molecule has 2 rings (SSSR count). The molecule has 0 atom stereocenters. The van der Waals surface area contributed by atoms with E-state index in [4.69, 9.17) is 11.6 Å². The van der Waals surface area contributed by atoms with Crippen LogP contribution in [0.15, 0.2) is 42.5 Å². The molecule has 0 spiro atoms. The molecule has 0 amide bonds. The van der Waals surface area contributed by atoms with Crippen LogP contribution in [0.2, 0.25) is 5.02 Å². The molecule has 18 heavy (non-hydrogen) atoms. The van der Waals surface area contributed by atoms with Gasteiger partial charge in [-0.25, -0.2) is 0 Å². The molecule has 0 saturated heterocycles. The number of halogens is 1. The van der Waals surface area contributed by atoms with Gasteiger partial charge in [-0.05, 0) is 42.2 Å². The maximum absolute atomic E-state index is 5.88. The Balaban J connectivity index is 2.12.